The monoisotopic (exact) mass is 190 g/mol. The Bertz CT molecular complexity index is 331. The minimum absolute atomic E-state index is 0.0995. The molecular formula is C13H18O. The van der Waals surface area contributed by atoms with Crippen molar-refractivity contribution in [1.82, 2.24) is 0 Å². The molecule has 0 aromatic heterocycles. The van der Waals surface area contributed by atoms with E-state index in [2.05, 4.69) is 26.0 Å². The lowest BCUT2D eigenvalue weighted by Gasteiger charge is -2.31. The third-order valence-corrected chi connectivity index (χ3v) is 3.79. The van der Waals surface area contributed by atoms with Crippen LogP contribution in [-0.2, 0) is 5.60 Å². The van der Waals surface area contributed by atoms with E-state index in [-0.39, 0.29) is 5.41 Å². The molecule has 76 valence electrons. The zero-order valence-electron chi connectivity index (χ0n) is 9.17. The number of hydrogen-bond acceptors (Lipinski definition) is 1. The second-order valence-electron chi connectivity index (χ2n) is 5.00. The topological polar surface area (TPSA) is 20.2 Å². The van der Waals surface area contributed by atoms with Crippen LogP contribution in [0, 0.1) is 12.3 Å². The summed E-state index contributed by atoms with van der Waals surface area (Å²) in [4.78, 5) is 0. The molecule has 1 aliphatic rings. The Kier molecular flexibility index (Phi) is 1.97. The third-order valence-electron chi connectivity index (χ3n) is 3.79. The van der Waals surface area contributed by atoms with E-state index in [1.165, 1.54) is 5.56 Å². The largest absolute Gasteiger partial charge is 0.385 e. The lowest BCUT2D eigenvalue weighted by Crippen LogP contribution is -2.31. The molecule has 1 fully saturated rings. The van der Waals surface area contributed by atoms with Crippen LogP contribution in [0.15, 0.2) is 24.3 Å². The first-order valence-electron chi connectivity index (χ1n) is 5.25. The molecule has 1 saturated carbocycles. The first kappa shape index (κ1) is 9.72. The summed E-state index contributed by atoms with van der Waals surface area (Å²) in [5.74, 6) is 0. The van der Waals surface area contributed by atoms with E-state index in [9.17, 15) is 5.11 Å². The quantitative estimate of drug-likeness (QED) is 0.760. The van der Waals surface area contributed by atoms with E-state index in [0.29, 0.717) is 0 Å². The number of aliphatic hydroxyl groups is 1. The van der Waals surface area contributed by atoms with E-state index in [4.69, 9.17) is 0 Å². The van der Waals surface area contributed by atoms with Crippen molar-refractivity contribution >= 4 is 0 Å². The van der Waals surface area contributed by atoms with E-state index in [1.54, 1.807) is 0 Å². The van der Waals surface area contributed by atoms with Gasteiger partial charge in [0.25, 0.3) is 0 Å². The highest BCUT2D eigenvalue weighted by molar-refractivity contribution is 5.29. The fraction of sp³-hybridized carbons (Fsp3) is 0.538. The summed E-state index contributed by atoms with van der Waals surface area (Å²) in [7, 11) is 0. The van der Waals surface area contributed by atoms with Crippen molar-refractivity contribution in [3.05, 3.63) is 35.4 Å². The summed E-state index contributed by atoms with van der Waals surface area (Å²) < 4.78 is 0. The molecule has 0 spiro atoms. The van der Waals surface area contributed by atoms with Gasteiger partial charge in [0.1, 0.15) is 0 Å². The summed E-state index contributed by atoms with van der Waals surface area (Å²) in [5, 5.41) is 10.5. The Hall–Kier alpha value is -0.820. The normalized spacial score (nSPS) is 22.9. The van der Waals surface area contributed by atoms with Crippen LogP contribution in [0.2, 0.25) is 0 Å². The lowest BCUT2D eigenvalue weighted by atomic mass is 9.81. The summed E-state index contributed by atoms with van der Waals surface area (Å²) in [6, 6.07) is 8.21. The van der Waals surface area contributed by atoms with E-state index >= 15 is 0 Å². The summed E-state index contributed by atoms with van der Waals surface area (Å²) in [6.45, 7) is 6.16. The van der Waals surface area contributed by atoms with Crippen LogP contribution in [0.1, 0.15) is 37.8 Å². The summed E-state index contributed by atoms with van der Waals surface area (Å²) >= 11 is 0. The first-order chi connectivity index (χ1) is 6.46. The van der Waals surface area contributed by atoms with Gasteiger partial charge in [-0.1, -0.05) is 36.8 Å². The van der Waals surface area contributed by atoms with Gasteiger partial charge in [-0.2, -0.15) is 0 Å². The molecule has 1 heteroatoms. The Morgan fingerprint density at radius 1 is 1.21 bits per heavy atom. The maximum absolute atomic E-state index is 10.5. The number of hydrogen-bond donors (Lipinski definition) is 1. The van der Waals surface area contributed by atoms with Gasteiger partial charge in [0.05, 0.1) is 5.60 Å². The van der Waals surface area contributed by atoms with Crippen molar-refractivity contribution < 1.29 is 5.11 Å². The molecule has 0 amide bonds. The Labute approximate surface area is 85.8 Å². The fourth-order valence-electron chi connectivity index (χ4n) is 1.90. The average molecular weight is 190 g/mol. The highest BCUT2D eigenvalue weighted by Crippen LogP contribution is 2.57. The predicted octanol–water partition coefficient (Wildman–Crippen LogP) is 3.00. The molecule has 1 aromatic carbocycles. The minimum atomic E-state index is -0.666. The average Bonchev–Trinajstić information content (AvgIpc) is 2.86. The zero-order valence-corrected chi connectivity index (χ0v) is 9.17. The molecule has 1 N–H and O–H groups in total. The molecule has 0 aliphatic heterocycles. The molecule has 1 aliphatic carbocycles. The number of benzene rings is 1. The van der Waals surface area contributed by atoms with Crippen LogP contribution in [0.3, 0.4) is 0 Å². The van der Waals surface area contributed by atoms with Gasteiger partial charge in [-0.25, -0.2) is 0 Å². The molecule has 14 heavy (non-hydrogen) atoms. The van der Waals surface area contributed by atoms with Gasteiger partial charge in [0.2, 0.25) is 0 Å². The Balaban J connectivity index is 2.34. The summed E-state index contributed by atoms with van der Waals surface area (Å²) in [5.41, 5.74) is 1.72. The van der Waals surface area contributed by atoms with Crippen molar-refractivity contribution in [3.63, 3.8) is 0 Å². The van der Waals surface area contributed by atoms with Gasteiger partial charge in [-0.05, 0) is 32.3 Å². The van der Waals surface area contributed by atoms with Crippen LogP contribution >= 0.6 is 0 Å². The maximum atomic E-state index is 10.5. The van der Waals surface area contributed by atoms with Crippen molar-refractivity contribution in [2.45, 2.75) is 39.2 Å². The van der Waals surface area contributed by atoms with Gasteiger partial charge < -0.3 is 5.11 Å². The van der Waals surface area contributed by atoms with E-state index in [1.807, 2.05) is 19.1 Å². The number of rotatable bonds is 2. The van der Waals surface area contributed by atoms with Crippen LogP contribution in [0.5, 0.6) is 0 Å². The van der Waals surface area contributed by atoms with Gasteiger partial charge in [0.15, 0.2) is 0 Å². The van der Waals surface area contributed by atoms with Crippen LogP contribution < -0.4 is 0 Å². The number of aryl methyl sites for hydroxylation is 1. The molecular weight excluding hydrogens is 172 g/mol. The van der Waals surface area contributed by atoms with E-state index < -0.39 is 5.60 Å². The van der Waals surface area contributed by atoms with Crippen LogP contribution in [-0.4, -0.2) is 5.11 Å². The van der Waals surface area contributed by atoms with Crippen molar-refractivity contribution in [1.29, 1.82) is 0 Å². The summed E-state index contributed by atoms with van der Waals surface area (Å²) in [6.07, 6.45) is 2.27. The van der Waals surface area contributed by atoms with Crippen molar-refractivity contribution in [3.8, 4) is 0 Å². The Morgan fingerprint density at radius 3 is 2.14 bits per heavy atom. The molecule has 1 nitrogen and oxygen atoms in total. The highest BCUT2D eigenvalue weighted by atomic mass is 16.3. The van der Waals surface area contributed by atoms with Crippen LogP contribution in [0.25, 0.3) is 0 Å². The molecule has 2 rings (SSSR count). The third kappa shape index (κ3) is 1.36. The Morgan fingerprint density at radius 2 is 1.71 bits per heavy atom. The predicted molar refractivity (Wildman–Crippen MR) is 58.1 cm³/mol. The fourth-order valence-corrected chi connectivity index (χ4v) is 1.90. The van der Waals surface area contributed by atoms with Crippen molar-refractivity contribution in [2.24, 2.45) is 5.41 Å². The highest BCUT2D eigenvalue weighted by Gasteiger charge is 2.52. The lowest BCUT2D eigenvalue weighted by molar-refractivity contribution is -0.0126. The molecule has 1 unspecified atom stereocenters. The molecule has 0 radical (unpaired) electrons. The smallest absolute Gasteiger partial charge is 0.0921 e. The van der Waals surface area contributed by atoms with Crippen LogP contribution in [0.4, 0.5) is 0 Å². The molecule has 1 aromatic rings. The zero-order chi connectivity index (χ0) is 10.4. The second-order valence-corrected chi connectivity index (χ2v) is 5.00. The van der Waals surface area contributed by atoms with Gasteiger partial charge >= 0.3 is 0 Å². The first-order valence-corrected chi connectivity index (χ1v) is 5.25. The van der Waals surface area contributed by atoms with Gasteiger partial charge in [0, 0.05) is 5.41 Å². The maximum Gasteiger partial charge on any atom is 0.0921 e. The molecule has 0 bridgehead atoms. The second kappa shape index (κ2) is 2.83. The standard InChI is InChI=1S/C13H18O/c1-10-4-6-11(7-5-10)13(3,14)12(2)8-9-12/h4-7,14H,8-9H2,1-3H3. The van der Waals surface area contributed by atoms with Crippen molar-refractivity contribution in [2.75, 3.05) is 0 Å². The van der Waals surface area contributed by atoms with E-state index in [0.717, 1.165) is 18.4 Å². The van der Waals surface area contributed by atoms with Gasteiger partial charge in [-0.3, -0.25) is 0 Å². The molecule has 0 heterocycles. The molecule has 0 saturated heterocycles. The minimum Gasteiger partial charge on any atom is -0.385 e. The molecule has 1 atom stereocenters. The van der Waals surface area contributed by atoms with Gasteiger partial charge in [-0.15, -0.1) is 0 Å². The SMILES string of the molecule is Cc1ccc(C(C)(O)C2(C)CC2)cc1.